The van der Waals surface area contributed by atoms with Crippen molar-refractivity contribution in [1.29, 1.82) is 0 Å². The number of carbonyl (C=O) groups excluding carboxylic acids is 2. The summed E-state index contributed by atoms with van der Waals surface area (Å²) in [6.07, 6.45) is 0.991. The van der Waals surface area contributed by atoms with Crippen LogP contribution in [-0.2, 0) is 11.3 Å². The molecule has 204 valence electrons. The third-order valence-corrected chi connectivity index (χ3v) is 5.87. The fourth-order valence-electron chi connectivity index (χ4n) is 3.92. The number of amides is 1. The standard InChI is InChI=1S/C25H31N11O3/c26-11-13-30-22-21(34-39-35-22)23-33-18-5-1-2-6-19(18)36(23)14-20(37)15-7-9-16(10-8-15)32-24(38)17(27)4-3-12-31-25(28)29/h1-2,5-10,17H,3-4,11-14,26-27H2,(H,30,35)(H,32,38)(H4,28,29,31)/t17-/m0/s1. The Bertz CT molecular complexity index is 1460. The van der Waals surface area contributed by atoms with Crippen LogP contribution in [0.1, 0.15) is 23.2 Å². The van der Waals surface area contributed by atoms with Crippen molar-refractivity contribution in [2.75, 3.05) is 30.3 Å². The maximum Gasteiger partial charge on any atom is 0.241 e. The van der Waals surface area contributed by atoms with Crippen LogP contribution in [0.3, 0.4) is 0 Å². The summed E-state index contributed by atoms with van der Waals surface area (Å²) >= 11 is 0. The quantitative estimate of drug-likeness (QED) is 0.0604. The van der Waals surface area contributed by atoms with Crippen LogP contribution in [0, 0.1) is 0 Å². The first-order chi connectivity index (χ1) is 18.9. The number of ketones is 1. The lowest BCUT2D eigenvalue weighted by molar-refractivity contribution is -0.117. The lowest BCUT2D eigenvalue weighted by atomic mass is 10.1. The molecule has 1 atom stereocenters. The normalized spacial score (nSPS) is 11.7. The first-order valence-electron chi connectivity index (χ1n) is 12.3. The van der Waals surface area contributed by atoms with E-state index in [-0.39, 0.29) is 24.2 Å². The highest BCUT2D eigenvalue weighted by Gasteiger charge is 2.22. The zero-order valence-corrected chi connectivity index (χ0v) is 21.2. The van der Waals surface area contributed by atoms with Gasteiger partial charge in [-0.05, 0) is 59.6 Å². The molecule has 2 aromatic heterocycles. The number of rotatable bonds is 13. The largest absolute Gasteiger partial charge is 0.370 e. The number of benzene rings is 2. The molecule has 4 aromatic rings. The van der Waals surface area contributed by atoms with Gasteiger partial charge in [0.25, 0.3) is 0 Å². The van der Waals surface area contributed by atoms with E-state index in [1.807, 2.05) is 24.3 Å². The lowest BCUT2D eigenvalue weighted by Crippen LogP contribution is -2.35. The molecule has 14 nitrogen and oxygen atoms in total. The van der Waals surface area contributed by atoms with E-state index in [0.717, 1.165) is 5.52 Å². The molecular weight excluding hydrogens is 502 g/mol. The molecule has 39 heavy (non-hydrogen) atoms. The van der Waals surface area contributed by atoms with Crippen LogP contribution in [0.15, 0.2) is 58.2 Å². The Hall–Kier alpha value is -4.82. The monoisotopic (exact) mass is 533 g/mol. The number of para-hydroxylation sites is 2. The molecular formula is C25H31N11O3. The number of anilines is 2. The van der Waals surface area contributed by atoms with E-state index in [4.69, 9.17) is 27.6 Å². The van der Waals surface area contributed by atoms with Crippen molar-refractivity contribution in [3.63, 3.8) is 0 Å². The molecule has 0 bridgehead atoms. The maximum atomic E-state index is 13.3. The van der Waals surface area contributed by atoms with Gasteiger partial charge in [-0.25, -0.2) is 9.61 Å². The van der Waals surface area contributed by atoms with Crippen molar-refractivity contribution in [3.8, 4) is 11.5 Å². The number of imidazole rings is 1. The number of hydrogen-bond acceptors (Lipinski definition) is 10. The van der Waals surface area contributed by atoms with Crippen LogP contribution in [0.2, 0.25) is 0 Å². The number of nitrogens with two attached hydrogens (primary N) is 4. The Labute approximate surface area is 223 Å². The van der Waals surface area contributed by atoms with E-state index in [9.17, 15) is 9.59 Å². The molecule has 4 rings (SSSR count). The summed E-state index contributed by atoms with van der Waals surface area (Å²) in [5, 5.41) is 13.7. The summed E-state index contributed by atoms with van der Waals surface area (Å²) in [5.41, 5.74) is 24.9. The fraction of sp³-hybridized carbons (Fsp3) is 0.280. The lowest BCUT2D eigenvalue weighted by Gasteiger charge is -2.12. The zero-order valence-electron chi connectivity index (χ0n) is 21.2. The summed E-state index contributed by atoms with van der Waals surface area (Å²) in [4.78, 5) is 34.2. The summed E-state index contributed by atoms with van der Waals surface area (Å²) < 4.78 is 6.70. The summed E-state index contributed by atoms with van der Waals surface area (Å²) in [5.74, 6) is 0.316. The molecule has 0 spiro atoms. The molecule has 1 amide bonds. The average Bonchev–Trinajstić information content (AvgIpc) is 3.54. The zero-order chi connectivity index (χ0) is 27.8. The average molecular weight is 534 g/mol. The minimum atomic E-state index is -0.719. The molecule has 14 heteroatoms. The topological polar surface area (TPSA) is 231 Å². The van der Waals surface area contributed by atoms with Gasteiger partial charge in [0.05, 0.1) is 23.6 Å². The Morgan fingerprint density at radius 3 is 2.59 bits per heavy atom. The molecule has 2 heterocycles. The van der Waals surface area contributed by atoms with Crippen molar-refractivity contribution in [1.82, 2.24) is 19.9 Å². The van der Waals surface area contributed by atoms with E-state index >= 15 is 0 Å². The number of aromatic nitrogens is 4. The number of guanidine groups is 1. The summed E-state index contributed by atoms with van der Waals surface area (Å²) in [6, 6.07) is 13.3. The van der Waals surface area contributed by atoms with Gasteiger partial charge in [0, 0.05) is 30.9 Å². The van der Waals surface area contributed by atoms with Crippen LogP contribution < -0.4 is 33.6 Å². The second-order valence-electron chi connectivity index (χ2n) is 8.73. The number of nitrogens with zero attached hydrogens (tertiary/aromatic N) is 5. The Balaban J connectivity index is 1.47. The SMILES string of the molecule is NCCNc1nonc1-c1nc2ccccc2n1CC(=O)c1ccc(NC(=O)[C@@H](N)CCCN=C(N)N)cc1. The van der Waals surface area contributed by atoms with Gasteiger partial charge in [-0.2, -0.15) is 0 Å². The van der Waals surface area contributed by atoms with Gasteiger partial charge in [-0.3, -0.25) is 14.6 Å². The second-order valence-corrected chi connectivity index (χ2v) is 8.73. The number of hydrogen-bond donors (Lipinski definition) is 6. The third kappa shape index (κ3) is 6.74. The minimum absolute atomic E-state index is 0.000434. The smallest absolute Gasteiger partial charge is 0.241 e. The van der Waals surface area contributed by atoms with Crippen LogP contribution in [-0.4, -0.2) is 63.2 Å². The number of Topliss-reactive ketones (excluding diaryl/α,β-unsaturated/α-hetero) is 1. The Kier molecular flexibility index (Phi) is 8.81. The Morgan fingerprint density at radius 2 is 1.85 bits per heavy atom. The number of fused-ring (bicyclic) bond motifs is 1. The first-order valence-corrected chi connectivity index (χ1v) is 12.3. The van der Waals surface area contributed by atoms with Crippen molar-refractivity contribution < 1.29 is 14.2 Å². The van der Waals surface area contributed by atoms with Gasteiger partial charge >= 0.3 is 0 Å². The molecule has 10 N–H and O–H groups in total. The van der Waals surface area contributed by atoms with Crippen molar-refractivity contribution >= 4 is 40.2 Å². The maximum absolute atomic E-state index is 13.3. The predicted molar refractivity (Wildman–Crippen MR) is 148 cm³/mol. The Morgan fingerprint density at radius 1 is 1.08 bits per heavy atom. The van der Waals surface area contributed by atoms with E-state index in [0.29, 0.717) is 66.6 Å². The summed E-state index contributed by atoms with van der Waals surface area (Å²) in [7, 11) is 0. The van der Waals surface area contributed by atoms with Crippen molar-refractivity contribution in [2.24, 2.45) is 27.9 Å². The number of aliphatic imine (C=N–C) groups is 1. The van der Waals surface area contributed by atoms with E-state index in [1.54, 1.807) is 28.8 Å². The highest BCUT2D eigenvalue weighted by molar-refractivity contribution is 5.99. The molecule has 0 saturated heterocycles. The molecule has 0 saturated carbocycles. The summed E-state index contributed by atoms with van der Waals surface area (Å²) in [6.45, 7) is 1.24. The minimum Gasteiger partial charge on any atom is -0.370 e. The van der Waals surface area contributed by atoms with Crippen molar-refractivity contribution in [3.05, 3.63) is 54.1 Å². The van der Waals surface area contributed by atoms with Crippen molar-refractivity contribution in [2.45, 2.75) is 25.4 Å². The molecule has 0 aliphatic rings. The first kappa shape index (κ1) is 27.2. The number of nitrogens with one attached hydrogen (secondary N) is 2. The van der Waals surface area contributed by atoms with Crippen LogP contribution in [0.25, 0.3) is 22.6 Å². The molecule has 0 aliphatic heterocycles. The number of carbonyl (C=O) groups is 2. The van der Waals surface area contributed by atoms with E-state index in [1.165, 1.54) is 0 Å². The van der Waals surface area contributed by atoms with Gasteiger partial charge in [0.1, 0.15) is 0 Å². The predicted octanol–water partition coefficient (Wildman–Crippen LogP) is 0.659. The van der Waals surface area contributed by atoms with Gasteiger partial charge in [0.2, 0.25) is 11.7 Å². The van der Waals surface area contributed by atoms with Crippen LogP contribution in [0.5, 0.6) is 0 Å². The van der Waals surface area contributed by atoms with Crippen LogP contribution >= 0.6 is 0 Å². The van der Waals surface area contributed by atoms with Gasteiger partial charge in [0.15, 0.2) is 23.3 Å². The molecule has 0 fully saturated rings. The van der Waals surface area contributed by atoms with Crippen LogP contribution in [0.4, 0.5) is 11.5 Å². The second kappa shape index (κ2) is 12.6. The van der Waals surface area contributed by atoms with Gasteiger partial charge in [-0.1, -0.05) is 12.1 Å². The fourth-order valence-corrected chi connectivity index (χ4v) is 3.92. The van der Waals surface area contributed by atoms with E-state index < -0.39 is 6.04 Å². The third-order valence-electron chi connectivity index (χ3n) is 5.87. The molecule has 0 aliphatic carbocycles. The molecule has 2 aromatic carbocycles. The highest BCUT2D eigenvalue weighted by atomic mass is 16.6. The molecule has 0 radical (unpaired) electrons. The van der Waals surface area contributed by atoms with Gasteiger partial charge < -0.3 is 38.1 Å². The van der Waals surface area contributed by atoms with Gasteiger partial charge in [-0.15, -0.1) is 0 Å². The highest BCUT2D eigenvalue weighted by Crippen LogP contribution is 2.28. The van der Waals surface area contributed by atoms with E-state index in [2.05, 4.69) is 30.9 Å². The molecule has 0 unspecified atom stereocenters.